The molecule has 2 aromatic carbocycles. The van der Waals surface area contributed by atoms with E-state index >= 15 is 0 Å². The Labute approximate surface area is 495 Å². The zero-order valence-electron chi connectivity index (χ0n) is 50.9. The van der Waals surface area contributed by atoms with Gasteiger partial charge in [0.1, 0.15) is 60.1 Å². The Kier molecular flexibility index (Phi) is 32.9. The van der Waals surface area contributed by atoms with Gasteiger partial charge in [-0.15, -0.1) is 0 Å². The molecule has 0 heterocycles. The first-order valence-electron chi connectivity index (χ1n) is 29.6. The molecule has 2 aromatic rings. The number of nitrogens with two attached hydrogens (primary N) is 3. The van der Waals surface area contributed by atoms with Crippen LogP contribution in [-0.4, -0.2) is 143 Å². The van der Waals surface area contributed by atoms with E-state index in [4.69, 9.17) is 17.2 Å². The minimum Gasteiger partial charge on any atom is -0.508 e. The van der Waals surface area contributed by atoms with E-state index < -0.39 is 137 Å². The molecule has 0 spiro atoms. The lowest BCUT2D eigenvalue weighted by Gasteiger charge is -2.31. The second-order valence-corrected chi connectivity index (χ2v) is 22.5. The Morgan fingerprint density at radius 1 is 0.440 bits per heavy atom. The molecule has 0 bridgehead atoms. The van der Waals surface area contributed by atoms with Gasteiger partial charge in [-0.25, -0.2) is 0 Å². The van der Waals surface area contributed by atoms with Crippen LogP contribution in [0.15, 0.2) is 54.6 Å². The van der Waals surface area contributed by atoms with Gasteiger partial charge in [-0.3, -0.25) is 47.9 Å². The molecular weight excluding hydrogens is 1080 g/mol. The van der Waals surface area contributed by atoms with Gasteiger partial charge < -0.3 is 75.3 Å². The summed E-state index contributed by atoms with van der Waals surface area (Å²) in [6.07, 6.45) is 1.66. The minimum absolute atomic E-state index is 0.0167. The highest BCUT2D eigenvalue weighted by Crippen LogP contribution is 2.18. The van der Waals surface area contributed by atoms with Gasteiger partial charge >= 0.3 is 0 Å². The molecule has 13 atom stereocenters. The van der Waals surface area contributed by atoms with E-state index in [0.29, 0.717) is 56.1 Å². The van der Waals surface area contributed by atoms with Crippen molar-refractivity contribution < 1.29 is 58.2 Å². The number of carbonyl (C=O) groups excluding carboxylic acids is 10. The van der Waals surface area contributed by atoms with Crippen LogP contribution < -0.4 is 65.1 Å². The third-order valence-corrected chi connectivity index (χ3v) is 15.0. The second kappa shape index (κ2) is 37.9. The normalized spacial score (nSPS) is 15.9. The quantitative estimate of drug-likeness (QED) is 0.0413. The molecular formula is C60H98N12O12. The number of phenols is 1. The molecule has 0 saturated carbocycles. The average molecular weight is 1180 g/mol. The third kappa shape index (κ3) is 25.4. The number of carbonyl (C=O) groups is 10. The number of benzene rings is 2. The number of amides is 10. The monoisotopic (exact) mass is 1180 g/mol. The number of aliphatic hydroxyl groups excluding tert-OH is 1. The standard InChI is InChI=1S/C60H98N12O12/c1-11-35(6)48(57(81)67-45(52(63)76)31-34(4)5)71-59(83)50(37(8)13-3)70-56(80)47(32-40-21-15-14-16-22-40)68-54(78)44(24-18-20-30-62)65-53(77)43(23-17-19-29-61)66-55(79)46(33-41-25-27-42(75)28-26-41)69-58(82)49(36(7)12-2)72-60(84)51(38(9)73)64-39(10)74/h14-16,21-22,25-28,34-38,43-51,73,75H,11-13,17-20,23-24,29-33,61-62H2,1-10H3,(H2,63,76)(H,64,74)(H,65,77)(H,66,79)(H,67,81)(H,68,78)(H,69,82)(H,70,80)(H,71,83)(H,72,84)/t35-,36-,37-,38+,43-,44-,45-,46-,47-,48-,49-,50-,51-/m0/s1. The second-order valence-electron chi connectivity index (χ2n) is 22.5. The van der Waals surface area contributed by atoms with Gasteiger partial charge in [-0.1, -0.05) is 117 Å². The molecule has 470 valence electrons. The van der Waals surface area contributed by atoms with E-state index in [-0.39, 0.29) is 56.9 Å². The van der Waals surface area contributed by atoms with Crippen molar-refractivity contribution in [1.82, 2.24) is 47.9 Å². The van der Waals surface area contributed by atoms with Crippen molar-refractivity contribution in [2.75, 3.05) is 13.1 Å². The number of aliphatic hydroxyl groups is 1. The summed E-state index contributed by atoms with van der Waals surface area (Å²) in [5.74, 6) is -8.81. The molecule has 0 fully saturated rings. The zero-order valence-corrected chi connectivity index (χ0v) is 50.9. The van der Waals surface area contributed by atoms with Crippen molar-refractivity contribution in [2.45, 2.75) is 207 Å². The van der Waals surface area contributed by atoms with Gasteiger partial charge in [0.15, 0.2) is 0 Å². The fraction of sp³-hybridized carbons (Fsp3) is 0.633. The Balaban J connectivity index is 2.61. The van der Waals surface area contributed by atoms with E-state index in [9.17, 15) is 58.2 Å². The number of unbranched alkanes of at least 4 members (excludes halogenated alkanes) is 2. The van der Waals surface area contributed by atoms with Crippen LogP contribution >= 0.6 is 0 Å². The first-order valence-corrected chi connectivity index (χ1v) is 29.6. The van der Waals surface area contributed by atoms with Crippen LogP contribution in [0.25, 0.3) is 0 Å². The first-order chi connectivity index (χ1) is 39.7. The summed E-state index contributed by atoms with van der Waals surface area (Å²) in [5.41, 5.74) is 18.5. The number of nitrogens with one attached hydrogen (secondary N) is 9. The maximum absolute atomic E-state index is 14.7. The predicted molar refractivity (Wildman–Crippen MR) is 320 cm³/mol. The zero-order chi connectivity index (χ0) is 63.2. The van der Waals surface area contributed by atoms with Crippen LogP contribution in [0.4, 0.5) is 0 Å². The maximum Gasteiger partial charge on any atom is 0.245 e. The van der Waals surface area contributed by atoms with E-state index in [1.54, 1.807) is 70.2 Å². The number of aromatic hydroxyl groups is 1. The molecule has 24 nitrogen and oxygen atoms in total. The molecule has 84 heavy (non-hydrogen) atoms. The van der Waals surface area contributed by atoms with Crippen molar-refractivity contribution in [1.29, 1.82) is 0 Å². The first kappa shape index (κ1) is 72.9. The van der Waals surface area contributed by atoms with Crippen LogP contribution in [-0.2, 0) is 60.8 Å². The van der Waals surface area contributed by atoms with Gasteiger partial charge in [-0.05, 0) is 112 Å². The number of phenolic OH excluding ortho intramolecular Hbond substituents is 1. The lowest BCUT2D eigenvalue weighted by Crippen LogP contribution is -2.62. The molecule has 17 N–H and O–H groups in total. The Hall–Kier alpha value is -7.18. The molecule has 0 unspecified atom stereocenters. The Morgan fingerprint density at radius 2 is 0.786 bits per heavy atom. The van der Waals surface area contributed by atoms with Crippen molar-refractivity contribution >= 4 is 59.1 Å². The fourth-order valence-electron chi connectivity index (χ4n) is 9.19. The van der Waals surface area contributed by atoms with E-state index in [0.717, 1.165) is 0 Å². The van der Waals surface area contributed by atoms with Gasteiger partial charge in [0.2, 0.25) is 59.1 Å². The number of hydrogen-bond acceptors (Lipinski definition) is 14. The van der Waals surface area contributed by atoms with Crippen LogP contribution in [0.2, 0.25) is 0 Å². The maximum atomic E-state index is 14.7. The van der Waals surface area contributed by atoms with Gasteiger partial charge in [0.05, 0.1) is 6.10 Å². The molecule has 0 saturated heterocycles. The highest BCUT2D eigenvalue weighted by molar-refractivity contribution is 5.99. The summed E-state index contributed by atoms with van der Waals surface area (Å²) in [4.78, 5) is 139. The number of hydrogen-bond donors (Lipinski definition) is 14. The van der Waals surface area contributed by atoms with E-state index in [2.05, 4.69) is 47.9 Å². The summed E-state index contributed by atoms with van der Waals surface area (Å²) >= 11 is 0. The Morgan fingerprint density at radius 3 is 1.17 bits per heavy atom. The van der Waals surface area contributed by atoms with Gasteiger partial charge in [0, 0.05) is 19.8 Å². The predicted octanol–water partition coefficient (Wildman–Crippen LogP) is 0.869. The Bertz CT molecular complexity index is 2430. The summed E-state index contributed by atoms with van der Waals surface area (Å²) in [6, 6.07) is 3.35. The highest BCUT2D eigenvalue weighted by atomic mass is 16.3. The molecule has 0 aliphatic carbocycles. The summed E-state index contributed by atoms with van der Waals surface area (Å²) in [5, 5.41) is 44.9. The smallest absolute Gasteiger partial charge is 0.245 e. The minimum atomic E-state index is -1.41. The molecule has 2 rings (SSSR count). The van der Waals surface area contributed by atoms with Crippen LogP contribution in [0.3, 0.4) is 0 Å². The fourth-order valence-corrected chi connectivity index (χ4v) is 9.19. The summed E-state index contributed by atoms with van der Waals surface area (Å²) in [6.45, 7) is 17.4. The van der Waals surface area contributed by atoms with Crippen molar-refractivity contribution in [3.8, 4) is 5.75 Å². The summed E-state index contributed by atoms with van der Waals surface area (Å²) in [7, 11) is 0. The SMILES string of the molecule is CC[C@H](C)[C@H](NC(=O)[C@H](Cc1ccccc1)NC(=O)[C@H](CCCCN)NC(=O)[C@H](CCCCN)NC(=O)[C@H](Cc1ccc(O)cc1)NC(=O)[C@@H](NC(=O)[C@@H](NC(C)=O)[C@@H](C)O)[C@@H](C)CC)C(=O)N[C@H](C(=O)N[C@@H](CC(C)C)C(N)=O)[C@@H](C)CC. The third-order valence-electron chi connectivity index (χ3n) is 15.0. The molecule has 0 aliphatic heterocycles. The lowest BCUT2D eigenvalue weighted by atomic mass is 9.94. The number of primary amides is 1. The van der Waals surface area contributed by atoms with Crippen molar-refractivity contribution in [3.63, 3.8) is 0 Å². The molecule has 0 aromatic heterocycles. The molecule has 24 heteroatoms. The lowest BCUT2D eigenvalue weighted by molar-refractivity contribution is -0.137. The van der Waals surface area contributed by atoms with Crippen molar-refractivity contribution in [2.24, 2.45) is 40.9 Å². The van der Waals surface area contributed by atoms with Crippen LogP contribution in [0.1, 0.15) is 145 Å². The topological polar surface area (TPSA) is 397 Å². The van der Waals surface area contributed by atoms with E-state index in [1.165, 1.54) is 26.0 Å². The van der Waals surface area contributed by atoms with E-state index in [1.807, 2.05) is 27.7 Å². The molecule has 0 aliphatic rings. The summed E-state index contributed by atoms with van der Waals surface area (Å²) < 4.78 is 0. The van der Waals surface area contributed by atoms with Crippen LogP contribution in [0.5, 0.6) is 5.75 Å². The van der Waals surface area contributed by atoms with Gasteiger partial charge in [-0.2, -0.15) is 0 Å². The van der Waals surface area contributed by atoms with Crippen LogP contribution in [0, 0.1) is 23.7 Å². The van der Waals surface area contributed by atoms with Gasteiger partial charge in [0.25, 0.3) is 0 Å². The largest absolute Gasteiger partial charge is 0.508 e. The average Bonchev–Trinajstić information content (AvgIpc) is 3.61. The van der Waals surface area contributed by atoms with Crippen molar-refractivity contribution in [3.05, 3.63) is 65.7 Å². The number of rotatable bonds is 39. The molecule has 0 radical (unpaired) electrons. The molecule has 10 amide bonds. The highest BCUT2D eigenvalue weighted by Gasteiger charge is 2.38.